The number of esters is 2. The molecule has 8 nitrogen and oxygen atoms in total. The molecule has 2 fully saturated rings. The van der Waals surface area contributed by atoms with Gasteiger partial charge >= 0.3 is 11.9 Å². The molecule has 3 N–H and O–H groups in total. The van der Waals surface area contributed by atoms with Gasteiger partial charge in [-0.15, -0.1) is 11.6 Å². The second-order valence-electron chi connectivity index (χ2n) is 23.1. The standard InChI is InChI=1S/C34H43NO3.C18H21NO.C16H23ClO2/c1-26(36)38-32(27-17-19-28(20-18-27)33(2,3)4)16-11-23-35-24-21-31(22-25-35)34(37,29-12-7-5-8-13-29)30-14-9-6-10-15-30;20-18(15-7-3-1-4-8-15,16-9-5-2-6-10-16)17-11-13-19-14-12-17;1-12(18)19-15(6-5-11-17)13-7-9-14(10-8-13)16(2,3)4/h5-10,12-15,17-20,31-32,37H,11,16,21-25H2,1-4H3;1-10,17,19-20H,11-14H2;7-10,15H,5-6,11H2,1-4H3/t32-;;15-/m0.0/s1. The van der Waals surface area contributed by atoms with Crippen LogP contribution in [-0.4, -0.2) is 65.7 Å². The van der Waals surface area contributed by atoms with E-state index in [1.54, 1.807) is 0 Å². The molecule has 77 heavy (non-hydrogen) atoms. The van der Waals surface area contributed by atoms with Gasteiger partial charge < -0.3 is 29.9 Å². The third kappa shape index (κ3) is 17.2. The summed E-state index contributed by atoms with van der Waals surface area (Å²) in [5, 5.41) is 27.1. The zero-order chi connectivity index (χ0) is 55.5. The molecule has 0 aromatic heterocycles. The number of hydrogen-bond donors (Lipinski definition) is 3. The molecule has 0 saturated carbocycles. The molecule has 6 aromatic rings. The molecule has 2 atom stereocenters. The van der Waals surface area contributed by atoms with Gasteiger partial charge in [-0.25, -0.2) is 0 Å². The van der Waals surface area contributed by atoms with Gasteiger partial charge in [0.25, 0.3) is 0 Å². The lowest BCUT2D eigenvalue weighted by molar-refractivity contribution is -0.148. The fraction of sp³-hybridized carbons (Fsp3) is 0.441. The van der Waals surface area contributed by atoms with Gasteiger partial charge in [-0.1, -0.05) is 211 Å². The Morgan fingerprint density at radius 3 is 1.14 bits per heavy atom. The third-order valence-corrected chi connectivity index (χ3v) is 15.7. The van der Waals surface area contributed by atoms with E-state index in [0.29, 0.717) is 5.88 Å². The molecule has 8 rings (SSSR count). The molecular formula is C68H87ClN2O6. The Balaban J connectivity index is 0.000000207. The van der Waals surface area contributed by atoms with Gasteiger partial charge in [-0.05, 0) is 151 Å². The number of carbonyl (C=O) groups is 2. The van der Waals surface area contributed by atoms with Crippen LogP contribution in [0.5, 0.6) is 0 Å². The zero-order valence-electron chi connectivity index (χ0n) is 47.2. The third-order valence-electron chi connectivity index (χ3n) is 15.4. The van der Waals surface area contributed by atoms with E-state index in [-0.39, 0.29) is 46.8 Å². The van der Waals surface area contributed by atoms with Crippen molar-refractivity contribution in [3.8, 4) is 0 Å². The number of ether oxygens (including phenoxy) is 2. The first-order valence-corrected chi connectivity index (χ1v) is 28.6. The molecule has 0 unspecified atom stereocenters. The van der Waals surface area contributed by atoms with Gasteiger partial charge in [-0.3, -0.25) is 9.59 Å². The summed E-state index contributed by atoms with van der Waals surface area (Å²) in [6.45, 7) is 20.9. The van der Waals surface area contributed by atoms with Crippen LogP contribution in [0.25, 0.3) is 0 Å². The van der Waals surface area contributed by atoms with Crippen molar-refractivity contribution in [1.82, 2.24) is 10.2 Å². The second kappa shape index (κ2) is 28.8. The number of benzene rings is 6. The van der Waals surface area contributed by atoms with Crippen molar-refractivity contribution >= 4 is 23.5 Å². The van der Waals surface area contributed by atoms with Crippen LogP contribution in [-0.2, 0) is 41.1 Å². The number of alkyl halides is 1. The van der Waals surface area contributed by atoms with Gasteiger partial charge in [0.2, 0.25) is 0 Å². The molecule has 2 saturated heterocycles. The Labute approximate surface area is 466 Å². The molecule has 2 aliphatic rings. The van der Waals surface area contributed by atoms with Crippen LogP contribution in [0.15, 0.2) is 170 Å². The minimum atomic E-state index is -0.992. The van der Waals surface area contributed by atoms with Crippen LogP contribution in [0, 0.1) is 11.8 Å². The number of carbonyl (C=O) groups excluding carboxylic acids is 2. The fourth-order valence-corrected chi connectivity index (χ4v) is 11.2. The largest absolute Gasteiger partial charge is 0.458 e. The molecule has 0 bridgehead atoms. The van der Waals surface area contributed by atoms with Crippen molar-refractivity contribution in [2.45, 2.75) is 141 Å². The SMILES string of the molecule is CC(=O)O[C@@H](CCCCl)c1ccc(C(C)(C)C)cc1.CC(=O)O[C@@H](CCCN1CCC(C(O)(c2ccccc2)c2ccccc2)CC1)c1ccc(C(C)(C)C)cc1.OC(c1ccccc1)(c1ccccc1)C1CCNCC1. The summed E-state index contributed by atoms with van der Waals surface area (Å²) in [6, 6.07) is 57.2. The molecular weight excluding hydrogens is 976 g/mol. The Hall–Kier alpha value is -5.61. The van der Waals surface area contributed by atoms with Crippen LogP contribution < -0.4 is 5.32 Å². The summed E-state index contributed by atoms with van der Waals surface area (Å²) in [5.41, 5.74) is 6.91. The van der Waals surface area contributed by atoms with Gasteiger partial charge in [0.15, 0.2) is 0 Å². The van der Waals surface area contributed by atoms with Crippen LogP contribution >= 0.6 is 11.6 Å². The normalized spacial score (nSPS) is 15.7. The summed E-state index contributed by atoms with van der Waals surface area (Å²) in [7, 11) is 0. The number of likely N-dealkylation sites (tertiary alicyclic amines) is 1. The zero-order valence-corrected chi connectivity index (χ0v) is 48.0. The molecule has 6 aromatic carbocycles. The van der Waals surface area contributed by atoms with E-state index >= 15 is 0 Å². The molecule has 2 aliphatic heterocycles. The van der Waals surface area contributed by atoms with Crippen LogP contribution in [0.3, 0.4) is 0 Å². The quantitative estimate of drug-likeness (QED) is 0.0612. The molecule has 0 aliphatic carbocycles. The maximum absolute atomic E-state index is 12.1. The monoisotopic (exact) mass is 1060 g/mol. The fourth-order valence-electron chi connectivity index (χ4n) is 11.0. The van der Waals surface area contributed by atoms with Gasteiger partial charge in [0.05, 0.1) is 0 Å². The van der Waals surface area contributed by atoms with E-state index in [9.17, 15) is 19.8 Å². The Kier molecular flexibility index (Phi) is 22.7. The summed E-state index contributed by atoms with van der Waals surface area (Å²) in [6.07, 6.45) is 6.80. The van der Waals surface area contributed by atoms with E-state index < -0.39 is 11.2 Å². The number of piperidine rings is 2. The highest BCUT2D eigenvalue weighted by atomic mass is 35.5. The molecule has 2 heterocycles. The van der Waals surface area contributed by atoms with Crippen molar-refractivity contribution < 1.29 is 29.3 Å². The highest BCUT2D eigenvalue weighted by molar-refractivity contribution is 6.17. The maximum atomic E-state index is 12.1. The van der Waals surface area contributed by atoms with Crippen molar-refractivity contribution in [1.29, 1.82) is 0 Å². The smallest absolute Gasteiger partial charge is 0.303 e. The number of rotatable bonds is 17. The highest BCUT2D eigenvalue weighted by Crippen LogP contribution is 2.43. The van der Waals surface area contributed by atoms with Crippen molar-refractivity contribution in [2.24, 2.45) is 11.8 Å². The number of hydrogen-bond acceptors (Lipinski definition) is 8. The summed E-state index contributed by atoms with van der Waals surface area (Å²) >= 11 is 5.71. The first kappa shape index (κ1) is 60.6. The minimum Gasteiger partial charge on any atom is -0.458 e. The van der Waals surface area contributed by atoms with E-state index in [2.05, 4.69) is 88.2 Å². The topological polar surface area (TPSA) is 108 Å². The van der Waals surface area contributed by atoms with Crippen molar-refractivity contribution in [3.63, 3.8) is 0 Å². The second-order valence-corrected chi connectivity index (χ2v) is 23.4. The molecule has 0 spiro atoms. The van der Waals surface area contributed by atoms with Crippen LogP contribution in [0.4, 0.5) is 0 Å². The first-order chi connectivity index (χ1) is 36.8. The lowest BCUT2D eigenvalue weighted by Crippen LogP contribution is -2.44. The molecule has 412 valence electrons. The number of nitrogens with one attached hydrogen (secondary N) is 1. The van der Waals surface area contributed by atoms with Gasteiger partial charge in [0, 0.05) is 19.7 Å². The van der Waals surface area contributed by atoms with Gasteiger partial charge in [-0.2, -0.15) is 0 Å². The van der Waals surface area contributed by atoms with E-state index in [1.165, 1.54) is 25.0 Å². The summed E-state index contributed by atoms with van der Waals surface area (Å²) < 4.78 is 11.1. The summed E-state index contributed by atoms with van der Waals surface area (Å²) in [5.74, 6) is 0.501. The predicted molar refractivity (Wildman–Crippen MR) is 315 cm³/mol. The van der Waals surface area contributed by atoms with Crippen LogP contribution in [0.2, 0.25) is 0 Å². The van der Waals surface area contributed by atoms with E-state index in [4.69, 9.17) is 21.1 Å². The van der Waals surface area contributed by atoms with Gasteiger partial charge in [0.1, 0.15) is 23.4 Å². The van der Waals surface area contributed by atoms with Crippen molar-refractivity contribution in [2.75, 3.05) is 38.6 Å². The number of halogens is 1. The maximum Gasteiger partial charge on any atom is 0.303 e. The Bertz CT molecular complexity index is 2560. The minimum absolute atomic E-state index is 0.0920. The van der Waals surface area contributed by atoms with E-state index in [1.807, 2.05) is 133 Å². The molecule has 0 radical (unpaired) electrons. The van der Waals surface area contributed by atoms with Crippen LogP contribution in [0.1, 0.15) is 163 Å². The Morgan fingerprint density at radius 1 is 0.506 bits per heavy atom. The number of nitrogens with zero attached hydrogens (tertiary/aromatic N) is 1. The lowest BCUT2D eigenvalue weighted by Gasteiger charge is -2.42. The number of aliphatic hydroxyl groups is 2. The predicted octanol–water partition coefficient (Wildman–Crippen LogP) is 14.5. The first-order valence-electron chi connectivity index (χ1n) is 28.0. The average Bonchev–Trinajstić information content (AvgIpc) is 3.46. The highest BCUT2D eigenvalue weighted by Gasteiger charge is 2.42. The van der Waals surface area contributed by atoms with E-state index in [0.717, 1.165) is 117 Å². The average molecular weight is 1060 g/mol. The summed E-state index contributed by atoms with van der Waals surface area (Å²) in [4.78, 5) is 25.5. The van der Waals surface area contributed by atoms with Crippen molar-refractivity contribution in [3.05, 3.63) is 214 Å². The molecule has 9 heteroatoms. The lowest BCUT2D eigenvalue weighted by atomic mass is 9.72. The Morgan fingerprint density at radius 2 is 0.831 bits per heavy atom. The molecule has 0 amide bonds.